The van der Waals surface area contributed by atoms with Gasteiger partial charge in [0, 0.05) is 34.6 Å². The molecule has 3 rings (SSSR count). The normalized spacial score (nSPS) is 10.9. The van der Waals surface area contributed by atoms with Gasteiger partial charge in [0.25, 0.3) is 0 Å². The van der Waals surface area contributed by atoms with Crippen LogP contribution in [0.3, 0.4) is 0 Å². The van der Waals surface area contributed by atoms with E-state index in [-0.39, 0.29) is 5.97 Å². The molecule has 0 saturated carbocycles. The van der Waals surface area contributed by atoms with Gasteiger partial charge in [0.15, 0.2) is 0 Å². The second kappa shape index (κ2) is 5.60. The van der Waals surface area contributed by atoms with Crippen molar-refractivity contribution >= 4 is 16.9 Å². The Morgan fingerprint density at radius 3 is 2.64 bits per heavy atom. The van der Waals surface area contributed by atoms with E-state index in [1.165, 1.54) is 13.4 Å². The highest BCUT2D eigenvalue weighted by Gasteiger charge is 2.21. The molecule has 0 spiro atoms. The minimum absolute atomic E-state index is 0.306. The quantitative estimate of drug-likeness (QED) is 0.697. The molecule has 1 aromatic carbocycles. The third-order valence-corrected chi connectivity index (χ3v) is 3.90. The van der Waals surface area contributed by atoms with E-state index in [0.717, 1.165) is 27.7 Å². The lowest BCUT2D eigenvalue weighted by atomic mass is 10.1. The highest BCUT2D eigenvalue weighted by atomic mass is 16.5. The summed E-state index contributed by atoms with van der Waals surface area (Å²) in [4.78, 5) is 20.3. The maximum Gasteiger partial charge on any atom is 0.340 e. The van der Waals surface area contributed by atoms with Crippen LogP contribution in [-0.4, -0.2) is 27.6 Å². The number of fused-ring (bicyclic) bond motifs is 1. The van der Waals surface area contributed by atoms with Crippen LogP contribution in [0.4, 0.5) is 0 Å². The Labute approximate surface area is 128 Å². The molecule has 0 aliphatic heterocycles. The van der Waals surface area contributed by atoms with Crippen LogP contribution in [0.2, 0.25) is 0 Å². The van der Waals surface area contributed by atoms with Crippen molar-refractivity contribution in [3.8, 4) is 0 Å². The Morgan fingerprint density at radius 1 is 1.23 bits per heavy atom. The van der Waals surface area contributed by atoms with Gasteiger partial charge in [-0.15, -0.1) is 0 Å². The van der Waals surface area contributed by atoms with Crippen LogP contribution in [0.5, 0.6) is 0 Å². The molecule has 0 atom stereocenters. The van der Waals surface area contributed by atoms with Crippen molar-refractivity contribution in [3.63, 3.8) is 0 Å². The van der Waals surface area contributed by atoms with E-state index in [1.807, 2.05) is 32.0 Å². The molecule has 3 aromatic rings. The fourth-order valence-electron chi connectivity index (χ4n) is 2.85. The third kappa shape index (κ3) is 2.24. The molecule has 0 aliphatic carbocycles. The maximum atomic E-state index is 12.2. The molecule has 0 saturated heterocycles. The van der Waals surface area contributed by atoms with Crippen LogP contribution < -0.4 is 0 Å². The first kappa shape index (κ1) is 14.3. The first-order chi connectivity index (χ1) is 10.6. The van der Waals surface area contributed by atoms with Crippen molar-refractivity contribution in [2.45, 2.75) is 20.4 Å². The summed E-state index contributed by atoms with van der Waals surface area (Å²) in [5, 5.41) is 0.948. The van der Waals surface area contributed by atoms with Crippen LogP contribution in [0.15, 0.2) is 36.9 Å². The highest BCUT2D eigenvalue weighted by Crippen LogP contribution is 2.29. The van der Waals surface area contributed by atoms with Crippen molar-refractivity contribution in [1.29, 1.82) is 0 Å². The smallest absolute Gasteiger partial charge is 0.340 e. The number of nitrogens with zero attached hydrogens (tertiary/aromatic N) is 3. The molecular formula is C17H17N3O2. The number of aryl methyl sites for hydroxylation is 1. The van der Waals surface area contributed by atoms with Crippen molar-refractivity contribution < 1.29 is 9.53 Å². The number of rotatable bonds is 3. The Morgan fingerprint density at radius 2 is 1.95 bits per heavy atom. The Bertz CT molecular complexity index is 838. The Hall–Kier alpha value is -2.69. The van der Waals surface area contributed by atoms with E-state index in [2.05, 4.69) is 14.5 Å². The van der Waals surface area contributed by atoms with Gasteiger partial charge >= 0.3 is 5.97 Å². The second-order valence-corrected chi connectivity index (χ2v) is 5.25. The van der Waals surface area contributed by atoms with Crippen LogP contribution in [0.1, 0.15) is 27.2 Å². The average molecular weight is 295 g/mol. The van der Waals surface area contributed by atoms with Gasteiger partial charge < -0.3 is 9.30 Å². The molecule has 0 amide bonds. The maximum absolute atomic E-state index is 12.2. The standard InChI is InChI=1S/C17H17N3O2/c1-11-5-4-6-14-15(11)16(17(21)22-3)12(2)20(14)9-13-7-18-10-19-8-13/h4-8,10H,9H2,1-3H3. The number of carbonyl (C=O) groups excluding carboxylic acids is 1. The number of esters is 1. The molecule has 5 nitrogen and oxygen atoms in total. The van der Waals surface area contributed by atoms with E-state index in [0.29, 0.717) is 12.1 Å². The zero-order valence-electron chi connectivity index (χ0n) is 12.8. The van der Waals surface area contributed by atoms with Gasteiger partial charge in [0.1, 0.15) is 6.33 Å². The largest absolute Gasteiger partial charge is 0.465 e. The summed E-state index contributed by atoms with van der Waals surface area (Å²) in [5.74, 6) is -0.306. The lowest BCUT2D eigenvalue weighted by molar-refractivity contribution is 0.0602. The first-order valence-electron chi connectivity index (χ1n) is 7.04. The summed E-state index contributed by atoms with van der Waals surface area (Å²) >= 11 is 0. The predicted octanol–water partition coefficient (Wildman–Crippen LogP) is 2.88. The summed E-state index contributed by atoms with van der Waals surface area (Å²) in [6.07, 6.45) is 5.08. The van der Waals surface area contributed by atoms with Gasteiger partial charge in [-0.05, 0) is 25.5 Å². The average Bonchev–Trinajstić information content (AvgIpc) is 2.82. The van der Waals surface area contributed by atoms with Gasteiger partial charge in [0.05, 0.1) is 19.2 Å². The lowest BCUT2D eigenvalue weighted by Gasteiger charge is -2.08. The lowest BCUT2D eigenvalue weighted by Crippen LogP contribution is -2.06. The van der Waals surface area contributed by atoms with Crippen LogP contribution in [0.25, 0.3) is 10.9 Å². The van der Waals surface area contributed by atoms with Gasteiger partial charge in [-0.25, -0.2) is 14.8 Å². The molecule has 5 heteroatoms. The highest BCUT2D eigenvalue weighted by molar-refractivity contribution is 6.07. The minimum Gasteiger partial charge on any atom is -0.465 e. The van der Waals surface area contributed by atoms with E-state index >= 15 is 0 Å². The van der Waals surface area contributed by atoms with Crippen molar-refractivity contribution in [2.24, 2.45) is 0 Å². The monoisotopic (exact) mass is 295 g/mol. The number of carbonyl (C=O) groups is 1. The molecule has 0 aliphatic rings. The van der Waals surface area contributed by atoms with E-state index in [9.17, 15) is 4.79 Å². The number of benzene rings is 1. The summed E-state index contributed by atoms with van der Waals surface area (Å²) in [6.45, 7) is 4.56. The SMILES string of the molecule is COC(=O)c1c(C)n(Cc2cncnc2)c2cccc(C)c12. The summed E-state index contributed by atoms with van der Waals surface area (Å²) in [6, 6.07) is 6.02. The minimum atomic E-state index is -0.306. The van der Waals surface area contributed by atoms with E-state index in [1.54, 1.807) is 12.4 Å². The molecule has 0 N–H and O–H groups in total. The molecule has 112 valence electrons. The van der Waals surface area contributed by atoms with Crippen molar-refractivity contribution in [2.75, 3.05) is 7.11 Å². The zero-order valence-corrected chi connectivity index (χ0v) is 12.8. The predicted molar refractivity (Wildman–Crippen MR) is 83.9 cm³/mol. The van der Waals surface area contributed by atoms with Crippen molar-refractivity contribution in [1.82, 2.24) is 14.5 Å². The van der Waals surface area contributed by atoms with E-state index in [4.69, 9.17) is 4.74 Å². The molecule has 0 bridgehead atoms. The summed E-state index contributed by atoms with van der Waals surface area (Å²) in [7, 11) is 1.41. The van der Waals surface area contributed by atoms with Gasteiger partial charge in [-0.3, -0.25) is 0 Å². The second-order valence-electron chi connectivity index (χ2n) is 5.25. The Kier molecular flexibility index (Phi) is 3.63. The van der Waals surface area contributed by atoms with Gasteiger partial charge in [-0.1, -0.05) is 12.1 Å². The molecule has 0 radical (unpaired) electrons. The van der Waals surface area contributed by atoms with E-state index < -0.39 is 0 Å². The van der Waals surface area contributed by atoms with Crippen LogP contribution >= 0.6 is 0 Å². The number of aromatic nitrogens is 3. The number of hydrogen-bond donors (Lipinski definition) is 0. The molecule has 2 aromatic heterocycles. The first-order valence-corrected chi connectivity index (χ1v) is 7.04. The zero-order chi connectivity index (χ0) is 15.7. The van der Waals surface area contributed by atoms with Gasteiger partial charge in [0.2, 0.25) is 0 Å². The molecule has 0 unspecified atom stereocenters. The van der Waals surface area contributed by atoms with Gasteiger partial charge in [-0.2, -0.15) is 0 Å². The van der Waals surface area contributed by atoms with Crippen LogP contribution in [0, 0.1) is 13.8 Å². The number of ether oxygens (including phenoxy) is 1. The molecule has 22 heavy (non-hydrogen) atoms. The fourth-order valence-corrected chi connectivity index (χ4v) is 2.85. The Balaban J connectivity index is 2.24. The van der Waals surface area contributed by atoms with Crippen LogP contribution in [-0.2, 0) is 11.3 Å². The number of methoxy groups -OCH3 is 1. The van der Waals surface area contributed by atoms with Crippen molar-refractivity contribution in [3.05, 3.63) is 59.3 Å². The molecular weight excluding hydrogens is 278 g/mol. The third-order valence-electron chi connectivity index (χ3n) is 3.90. The molecule has 0 fully saturated rings. The molecule has 2 heterocycles. The topological polar surface area (TPSA) is 57.0 Å². The summed E-state index contributed by atoms with van der Waals surface area (Å²) < 4.78 is 7.07. The number of hydrogen-bond acceptors (Lipinski definition) is 4. The summed E-state index contributed by atoms with van der Waals surface area (Å²) in [5.41, 5.74) is 4.58. The fraction of sp³-hybridized carbons (Fsp3) is 0.235.